The maximum Gasteiger partial charge on any atom is 0.122 e. The summed E-state index contributed by atoms with van der Waals surface area (Å²) in [4.78, 5) is 0. The van der Waals surface area contributed by atoms with Crippen LogP contribution in [0.3, 0.4) is 0 Å². The van der Waals surface area contributed by atoms with Gasteiger partial charge in [-0.05, 0) is 163 Å². The van der Waals surface area contributed by atoms with Gasteiger partial charge in [-0.25, -0.2) is 0 Å². The van der Waals surface area contributed by atoms with Gasteiger partial charge in [-0.15, -0.1) is 0 Å². The second kappa shape index (κ2) is 18.3. The minimum absolute atomic E-state index is 0.272. The van der Waals surface area contributed by atoms with E-state index in [1.54, 1.807) is 0 Å². The Hall–Kier alpha value is -2.45. The average Bonchev–Trinajstić information content (AvgIpc) is 3.04. The summed E-state index contributed by atoms with van der Waals surface area (Å²) in [7, 11) is 0. The van der Waals surface area contributed by atoms with Gasteiger partial charge in [-0.2, -0.15) is 0 Å². The first-order valence-electron chi connectivity index (χ1n) is 19.5. The van der Waals surface area contributed by atoms with Crippen molar-refractivity contribution in [3.63, 3.8) is 0 Å². The van der Waals surface area contributed by atoms with E-state index in [4.69, 9.17) is 34.8 Å². The summed E-state index contributed by atoms with van der Waals surface area (Å²) in [6.07, 6.45) is 0. The molecule has 52 heavy (non-hydrogen) atoms. The second-order valence-corrected chi connectivity index (χ2v) is 18.3. The van der Waals surface area contributed by atoms with Gasteiger partial charge in [0.2, 0.25) is 0 Å². The van der Waals surface area contributed by atoms with Gasteiger partial charge in [0.25, 0.3) is 0 Å². The molecule has 0 atom stereocenters. The fourth-order valence-electron chi connectivity index (χ4n) is 6.76. The number of benzene rings is 4. The van der Waals surface area contributed by atoms with E-state index in [9.17, 15) is 5.11 Å². The lowest BCUT2D eigenvalue weighted by Gasteiger charge is -2.21. The van der Waals surface area contributed by atoms with Crippen molar-refractivity contribution in [1.29, 1.82) is 0 Å². The highest BCUT2D eigenvalue weighted by Crippen LogP contribution is 2.43. The largest absolute Gasteiger partial charge is 0.507 e. The number of phenolic OH excluding ortho intramolecular Hbond substituents is 1. The van der Waals surface area contributed by atoms with Crippen molar-refractivity contribution in [1.82, 2.24) is 0 Å². The minimum atomic E-state index is 0.272. The highest BCUT2D eigenvalue weighted by Gasteiger charge is 2.21. The molecule has 0 aliphatic carbocycles. The van der Waals surface area contributed by atoms with Crippen LogP contribution in [0.25, 0.3) is 22.3 Å². The molecule has 0 saturated heterocycles. The number of phenols is 1. The summed E-state index contributed by atoms with van der Waals surface area (Å²) in [6, 6.07) is 17.8. The third kappa shape index (κ3) is 9.99. The van der Waals surface area contributed by atoms with Gasteiger partial charge in [0, 0.05) is 15.1 Å². The smallest absolute Gasteiger partial charge is 0.122 e. The Bertz CT molecular complexity index is 1450. The molecular formula is C48H65Cl3O. The lowest BCUT2D eigenvalue weighted by atomic mass is 9.86. The summed E-state index contributed by atoms with van der Waals surface area (Å²) >= 11 is 20.2. The lowest BCUT2D eigenvalue weighted by Crippen LogP contribution is -2.00. The number of rotatable bonds is 10. The normalized spacial score (nSPS) is 12.1. The maximum absolute atomic E-state index is 10.7. The Kier molecular flexibility index (Phi) is 15.4. The highest BCUT2D eigenvalue weighted by molar-refractivity contribution is 6.33. The van der Waals surface area contributed by atoms with Crippen LogP contribution in [0.15, 0.2) is 48.5 Å². The standard InChI is InChI=1S/C24H32Cl2.C24H33ClO/c2*1-13(2)19-9-17(10-20(14(3)4)23(19)25)18-11-21(15(5)6)24(26)22(12-18)16(7)8/h9-16H,1-8H3;9-16,26H,1-8H3. The number of hydrogen-bond donors (Lipinski definition) is 1. The highest BCUT2D eigenvalue weighted by atomic mass is 35.5. The number of hydrogen-bond acceptors (Lipinski definition) is 1. The van der Waals surface area contributed by atoms with Crippen LogP contribution in [0, 0.1) is 0 Å². The molecule has 284 valence electrons. The first kappa shape index (κ1) is 44.0. The lowest BCUT2D eigenvalue weighted by molar-refractivity contribution is 0.454. The first-order chi connectivity index (χ1) is 24.1. The van der Waals surface area contributed by atoms with Gasteiger partial charge in [0.05, 0.1) is 0 Å². The minimum Gasteiger partial charge on any atom is -0.507 e. The van der Waals surface area contributed by atoms with Crippen molar-refractivity contribution in [2.24, 2.45) is 0 Å². The topological polar surface area (TPSA) is 20.2 Å². The molecule has 1 nitrogen and oxygen atoms in total. The molecular weight excluding hydrogens is 699 g/mol. The molecule has 4 aromatic rings. The van der Waals surface area contributed by atoms with Crippen molar-refractivity contribution in [2.75, 3.05) is 0 Å². The Labute approximate surface area is 332 Å². The third-order valence-electron chi connectivity index (χ3n) is 10.2. The predicted molar refractivity (Wildman–Crippen MR) is 233 cm³/mol. The van der Waals surface area contributed by atoms with Crippen LogP contribution < -0.4 is 0 Å². The molecule has 0 aromatic heterocycles. The van der Waals surface area contributed by atoms with Crippen LogP contribution >= 0.6 is 34.8 Å². The van der Waals surface area contributed by atoms with E-state index in [-0.39, 0.29) is 11.8 Å². The van der Waals surface area contributed by atoms with Gasteiger partial charge < -0.3 is 5.11 Å². The van der Waals surface area contributed by atoms with Crippen LogP contribution in [-0.2, 0) is 0 Å². The summed E-state index contributed by atoms with van der Waals surface area (Å²) in [6.45, 7) is 34.9. The fraction of sp³-hybridized carbons (Fsp3) is 0.500. The van der Waals surface area contributed by atoms with E-state index in [2.05, 4.69) is 159 Å². The summed E-state index contributed by atoms with van der Waals surface area (Å²) in [5.74, 6) is 3.28. The zero-order valence-corrected chi connectivity index (χ0v) is 37.1. The van der Waals surface area contributed by atoms with Crippen molar-refractivity contribution in [3.8, 4) is 28.0 Å². The zero-order valence-electron chi connectivity index (χ0n) is 34.8. The molecule has 0 spiro atoms. The molecule has 4 aromatic carbocycles. The fourth-order valence-corrected chi connectivity index (χ4v) is 8.39. The van der Waals surface area contributed by atoms with E-state index in [1.165, 1.54) is 50.1 Å². The van der Waals surface area contributed by atoms with Crippen molar-refractivity contribution < 1.29 is 5.11 Å². The molecule has 0 unspecified atom stereocenters. The Morgan fingerprint density at radius 1 is 0.288 bits per heavy atom. The van der Waals surface area contributed by atoms with Crippen LogP contribution in [0.2, 0.25) is 15.1 Å². The van der Waals surface area contributed by atoms with Crippen molar-refractivity contribution >= 4 is 34.8 Å². The Morgan fingerprint density at radius 2 is 0.423 bits per heavy atom. The summed E-state index contributed by atoms with van der Waals surface area (Å²) in [5.41, 5.74) is 14.1. The molecule has 0 amide bonds. The predicted octanol–water partition coefficient (Wildman–Crippen LogP) is 17.4. The molecule has 0 fully saturated rings. The van der Waals surface area contributed by atoms with E-state index in [0.717, 1.165) is 31.8 Å². The molecule has 0 radical (unpaired) electrons. The molecule has 4 rings (SSSR count). The Morgan fingerprint density at radius 3 is 0.558 bits per heavy atom. The van der Waals surface area contributed by atoms with Crippen molar-refractivity contribution in [3.05, 3.63) is 108 Å². The maximum atomic E-state index is 10.7. The molecule has 0 aliphatic heterocycles. The Balaban J connectivity index is 0.000000280. The van der Waals surface area contributed by atoms with Crippen molar-refractivity contribution in [2.45, 2.75) is 158 Å². The van der Waals surface area contributed by atoms with Gasteiger partial charge in [0.15, 0.2) is 0 Å². The third-order valence-corrected chi connectivity index (χ3v) is 11.5. The molecule has 0 heterocycles. The van der Waals surface area contributed by atoms with E-state index in [0.29, 0.717) is 41.3 Å². The molecule has 0 bridgehead atoms. The molecule has 0 saturated carbocycles. The van der Waals surface area contributed by atoms with Gasteiger partial charge in [0.1, 0.15) is 5.75 Å². The first-order valence-corrected chi connectivity index (χ1v) is 20.6. The van der Waals surface area contributed by atoms with Gasteiger partial charge in [-0.3, -0.25) is 0 Å². The molecule has 1 N–H and O–H groups in total. The van der Waals surface area contributed by atoms with Crippen LogP contribution in [-0.4, -0.2) is 5.11 Å². The van der Waals surface area contributed by atoms with Crippen LogP contribution in [0.4, 0.5) is 0 Å². The van der Waals surface area contributed by atoms with Crippen LogP contribution in [0.5, 0.6) is 5.75 Å². The monoisotopic (exact) mass is 762 g/mol. The number of halogens is 3. The summed E-state index contributed by atoms with van der Waals surface area (Å²) < 4.78 is 0. The summed E-state index contributed by atoms with van der Waals surface area (Å²) in [5, 5.41) is 13.4. The van der Waals surface area contributed by atoms with E-state index < -0.39 is 0 Å². The SMILES string of the molecule is CC(C)c1cc(-c2cc(C(C)C)c(Cl)c(C(C)C)c2)cc(C(C)C)c1Cl.CC(C)c1cc(-c2cc(C(C)C)c(Cl)c(C(C)C)c2)cc(C(C)C)c1O. The van der Waals surface area contributed by atoms with Gasteiger partial charge in [-0.1, -0.05) is 146 Å². The van der Waals surface area contributed by atoms with E-state index >= 15 is 0 Å². The molecule has 0 aliphatic rings. The second-order valence-electron chi connectivity index (χ2n) is 17.1. The van der Waals surface area contributed by atoms with Crippen LogP contribution in [0.1, 0.15) is 203 Å². The zero-order chi connectivity index (χ0) is 39.5. The van der Waals surface area contributed by atoms with Gasteiger partial charge >= 0.3 is 0 Å². The quantitative estimate of drug-likeness (QED) is 0.171. The average molecular weight is 764 g/mol. The van der Waals surface area contributed by atoms with E-state index in [1.807, 2.05) is 0 Å². The number of aromatic hydroxyl groups is 1. The molecule has 4 heteroatoms.